The van der Waals surface area contributed by atoms with Crippen LogP contribution in [0.4, 0.5) is 0 Å². The average Bonchev–Trinajstić information content (AvgIpc) is 3.62. The van der Waals surface area contributed by atoms with E-state index < -0.39 is 0 Å². The molecule has 11 aromatic carbocycles. The Bertz CT molecular complexity index is 3800. The molecule has 0 fully saturated rings. The molecule has 0 nitrogen and oxygen atoms in total. The van der Waals surface area contributed by atoms with Crippen molar-refractivity contribution in [1.82, 2.24) is 0 Å². The van der Waals surface area contributed by atoms with Crippen molar-refractivity contribution in [3.8, 4) is 55.6 Å². The van der Waals surface area contributed by atoms with Crippen molar-refractivity contribution in [2.24, 2.45) is 5.92 Å². The summed E-state index contributed by atoms with van der Waals surface area (Å²) in [6.07, 6.45) is 7.47. The summed E-state index contributed by atoms with van der Waals surface area (Å²) >= 11 is 0. The Balaban J connectivity index is 0.931. The Labute approximate surface area is 392 Å². The topological polar surface area (TPSA) is 0 Å². The van der Waals surface area contributed by atoms with Crippen molar-refractivity contribution in [1.29, 1.82) is 0 Å². The van der Waals surface area contributed by atoms with Gasteiger partial charge in [-0.2, -0.15) is 0 Å². The molecule has 2 unspecified atom stereocenters. The maximum atomic E-state index is 2.59. The van der Waals surface area contributed by atoms with E-state index in [0.29, 0.717) is 11.8 Å². The second-order valence-corrected chi connectivity index (χ2v) is 19.1. The molecular weight excluding hydrogens is 805 g/mol. The van der Waals surface area contributed by atoms with Crippen LogP contribution in [0.1, 0.15) is 36.5 Å². The Kier molecular flexibility index (Phi) is 9.12. The third kappa shape index (κ3) is 6.28. The highest BCUT2D eigenvalue weighted by atomic mass is 14.5. The summed E-state index contributed by atoms with van der Waals surface area (Å²) in [6.45, 7) is 4.93. The fourth-order valence-corrected chi connectivity index (χ4v) is 12.0. The first-order valence-electron chi connectivity index (χ1n) is 23.7. The summed E-state index contributed by atoms with van der Waals surface area (Å²) in [7, 11) is 0. The van der Waals surface area contributed by atoms with E-state index in [1.54, 1.807) is 0 Å². The van der Waals surface area contributed by atoms with Crippen LogP contribution in [0.15, 0.2) is 243 Å². The van der Waals surface area contributed by atoms with E-state index >= 15 is 0 Å². The molecule has 0 radical (unpaired) electrons. The first kappa shape index (κ1) is 39.3. The molecule has 13 rings (SSSR count). The van der Waals surface area contributed by atoms with Gasteiger partial charge in [-0.3, -0.25) is 0 Å². The zero-order chi connectivity index (χ0) is 44.6. The van der Waals surface area contributed by atoms with Gasteiger partial charge in [0.1, 0.15) is 0 Å². The van der Waals surface area contributed by atoms with Crippen LogP contribution < -0.4 is 0 Å². The molecule has 2 aliphatic carbocycles. The molecule has 0 heterocycles. The molecule has 2 aliphatic rings. The maximum absolute atomic E-state index is 2.59. The molecule has 316 valence electrons. The van der Waals surface area contributed by atoms with Gasteiger partial charge in [0.25, 0.3) is 0 Å². The van der Waals surface area contributed by atoms with E-state index in [2.05, 4.69) is 257 Å². The second kappa shape index (κ2) is 15.5. The molecule has 0 saturated heterocycles. The molecule has 0 aliphatic heterocycles. The summed E-state index contributed by atoms with van der Waals surface area (Å²) in [4.78, 5) is 0. The highest BCUT2D eigenvalue weighted by Crippen LogP contribution is 2.56. The van der Waals surface area contributed by atoms with E-state index in [-0.39, 0.29) is 5.41 Å². The Hall–Kier alpha value is -8.06. The van der Waals surface area contributed by atoms with Crippen molar-refractivity contribution >= 4 is 48.7 Å². The molecule has 0 bridgehead atoms. The molecular formula is C67H48. The van der Waals surface area contributed by atoms with Gasteiger partial charge in [0.05, 0.1) is 0 Å². The number of benzene rings is 11. The van der Waals surface area contributed by atoms with E-state index in [9.17, 15) is 0 Å². The molecule has 0 amide bonds. The smallest absolute Gasteiger partial charge is 0.00957 e. The molecule has 0 aromatic heterocycles. The van der Waals surface area contributed by atoms with Gasteiger partial charge < -0.3 is 0 Å². The molecule has 0 heteroatoms. The largest absolute Gasteiger partial charge is 0.0758 e. The highest BCUT2D eigenvalue weighted by Gasteiger charge is 2.45. The minimum Gasteiger partial charge on any atom is -0.0758 e. The fraction of sp³-hybridized carbons (Fsp3) is 0.0746. The van der Waals surface area contributed by atoms with Gasteiger partial charge in [0.2, 0.25) is 0 Å². The van der Waals surface area contributed by atoms with E-state index in [1.165, 1.54) is 121 Å². The van der Waals surface area contributed by atoms with Gasteiger partial charge in [-0.1, -0.05) is 244 Å². The standard InChI is InChI=1S/C67H48/c1-67(2)61-41-49(47-33-37-57-59(39-47)65(45-23-11-5-12-24-45)55-29-17-15-27-53(55)63(57)43-19-7-3-8-20-43)31-35-51(61)52-36-32-50(42-62(52)67)48-34-38-58-60(40-48)66(46-25-13-6-14-26-46)56-30-18-16-28-54(56)64(58)44-21-9-4-10-22-44/h3-42,51,61H,1-2H3. The van der Waals surface area contributed by atoms with Crippen molar-refractivity contribution in [2.75, 3.05) is 0 Å². The van der Waals surface area contributed by atoms with Crippen molar-refractivity contribution in [2.45, 2.75) is 25.2 Å². The van der Waals surface area contributed by atoms with Crippen LogP contribution in [0.2, 0.25) is 0 Å². The van der Waals surface area contributed by atoms with Crippen LogP contribution in [0.5, 0.6) is 0 Å². The van der Waals surface area contributed by atoms with Crippen LogP contribution in [0, 0.1) is 5.92 Å². The van der Waals surface area contributed by atoms with Gasteiger partial charge in [-0.25, -0.2) is 0 Å². The number of allylic oxidation sites excluding steroid dienone is 4. The quantitative estimate of drug-likeness (QED) is 0.146. The summed E-state index contributed by atoms with van der Waals surface area (Å²) < 4.78 is 0. The fourth-order valence-electron chi connectivity index (χ4n) is 12.0. The average molecular weight is 853 g/mol. The summed E-state index contributed by atoms with van der Waals surface area (Å²) in [5, 5.41) is 10.2. The third-order valence-electron chi connectivity index (χ3n) is 15.1. The Morgan fingerprint density at radius 1 is 0.313 bits per heavy atom. The van der Waals surface area contributed by atoms with Crippen LogP contribution in [0.3, 0.4) is 0 Å². The van der Waals surface area contributed by atoms with Crippen LogP contribution in [0.25, 0.3) is 104 Å². The predicted molar refractivity (Wildman–Crippen MR) is 286 cm³/mol. The van der Waals surface area contributed by atoms with Crippen LogP contribution in [-0.4, -0.2) is 0 Å². The number of hydrogen-bond acceptors (Lipinski definition) is 0. The monoisotopic (exact) mass is 852 g/mol. The Morgan fingerprint density at radius 3 is 1.13 bits per heavy atom. The van der Waals surface area contributed by atoms with Crippen molar-refractivity contribution in [3.63, 3.8) is 0 Å². The second-order valence-electron chi connectivity index (χ2n) is 19.1. The summed E-state index contributed by atoms with van der Waals surface area (Å²) in [5.74, 6) is 0.637. The minimum atomic E-state index is -0.0858. The summed E-state index contributed by atoms with van der Waals surface area (Å²) in [5.41, 5.74) is 18.0. The number of rotatable bonds is 6. The minimum absolute atomic E-state index is 0.0858. The number of fused-ring (bicyclic) bond motifs is 7. The van der Waals surface area contributed by atoms with Gasteiger partial charge in [0, 0.05) is 5.92 Å². The van der Waals surface area contributed by atoms with E-state index in [4.69, 9.17) is 0 Å². The van der Waals surface area contributed by atoms with Crippen LogP contribution in [-0.2, 0) is 5.41 Å². The predicted octanol–water partition coefficient (Wildman–Crippen LogP) is 18.3. The third-order valence-corrected chi connectivity index (χ3v) is 15.1. The lowest BCUT2D eigenvalue weighted by Gasteiger charge is -2.31. The SMILES string of the molecule is CC1(C)c2cc(-c3ccc4c(-c5ccccc5)c5ccccc5c(-c5ccccc5)c4c3)ccc2C2C=CC(c3ccc4c(-c5ccccc5)c5ccccc5c(-c5ccccc5)c4c3)=CC21. The Morgan fingerprint density at radius 2 is 0.672 bits per heavy atom. The molecule has 0 spiro atoms. The molecule has 67 heavy (non-hydrogen) atoms. The maximum Gasteiger partial charge on any atom is 0.00957 e. The normalized spacial score (nSPS) is 16.1. The zero-order valence-electron chi connectivity index (χ0n) is 37.7. The van der Waals surface area contributed by atoms with Crippen molar-refractivity contribution in [3.05, 3.63) is 259 Å². The lowest BCUT2D eigenvalue weighted by Crippen LogP contribution is -2.25. The molecule has 0 saturated carbocycles. The first-order valence-corrected chi connectivity index (χ1v) is 23.7. The van der Waals surface area contributed by atoms with Crippen molar-refractivity contribution < 1.29 is 0 Å². The van der Waals surface area contributed by atoms with Gasteiger partial charge in [-0.05, 0) is 144 Å². The number of hydrogen-bond donors (Lipinski definition) is 0. The van der Waals surface area contributed by atoms with Gasteiger partial charge in [-0.15, -0.1) is 0 Å². The molecule has 2 atom stereocenters. The lowest BCUT2D eigenvalue weighted by atomic mass is 9.72. The van der Waals surface area contributed by atoms with Gasteiger partial charge in [0.15, 0.2) is 0 Å². The van der Waals surface area contributed by atoms with E-state index in [1.807, 2.05) is 0 Å². The highest BCUT2D eigenvalue weighted by molar-refractivity contribution is 6.23. The first-order chi connectivity index (χ1) is 33.0. The zero-order valence-corrected chi connectivity index (χ0v) is 37.7. The van der Waals surface area contributed by atoms with E-state index in [0.717, 1.165) is 0 Å². The molecule has 0 N–H and O–H groups in total. The van der Waals surface area contributed by atoms with Gasteiger partial charge >= 0.3 is 0 Å². The molecule has 11 aromatic rings. The van der Waals surface area contributed by atoms with Crippen LogP contribution >= 0.6 is 0 Å². The lowest BCUT2D eigenvalue weighted by molar-refractivity contribution is 0.395. The summed E-state index contributed by atoms with van der Waals surface area (Å²) in [6, 6.07) is 83.3.